The maximum Gasteiger partial charge on any atom is 0.223 e. The summed E-state index contributed by atoms with van der Waals surface area (Å²) in [5.41, 5.74) is 0. The molecule has 0 saturated carbocycles. The average molecular weight is 330 g/mol. The van der Waals surface area contributed by atoms with Gasteiger partial charge in [0.25, 0.3) is 0 Å². The number of thiophene rings is 1. The van der Waals surface area contributed by atoms with Gasteiger partial charge < -0.3 is 5.32 Å². The molecule has 1 aromatic heterocycles. The first kappa shape index (κ1) is 16.5. The van der Waals surface area contributed by atoms with Crippen molar-refractivity contribution in [2.24, 2.45) is 5.92 Å². The molecule has 2 rings (SSSR count). The van der Waals surface area contributed by atoms with E-state index in [2.05, 4.69) is 5.32 Å². The van der Waals surface area contributed by atoms with E-state index in [1.54, 1.807) is 18.3 Å². The van der Waals surface area contributed by atoms with Crippen LogP contribution in [0.5, 0.6) is 0 Å². The highest BCUT2D eigenvalue weighted by atomic mass is 32.2. The van der Waals surface area contributed by atoms with Crippen molar-refractivity contribution in [3.63, 3.8) is 0 Å². The van der Waals surface area contributed by atoms with Crippen LogP contribution in [0.4, 0.5) is 0 Å². The number of hydrogen-bond donors (Lipinski definition) is 1. The Morgan fingerprint density at radius 1 is 1.48 bits per heavy atom. The highest BCUT2D eigenvalue weighted by Crippen LogP contribution is 2.23. The van der Waals surface area contributed by atoms with Crippen molar-refractivity contribution in [3.05, 3.63) is 22.4 Å². The highest BCUT2D eigenvalue weighted by molar-refractivity contribution is 7.89. The summed E-state index contributed by atoms with van der Waals surface area (Å²) in [6.07, 6.45) is 1.20. The standard InChI is InChI=1S/C14H22N2O3S2/c1-3-21(18,19)16-8-6-12(7-9-16)14(17)15-11(2)13-5-4-10-20-13/h4-5,10-12H,3,6-9H2,1-2H3,(H,15,17). The van der Waals surface area contributed by atoms with Gasteiger partial charge in [-0.05, 0) is 38.1 Å². The first-order chi connectivity index (χ1) is 9.94. The van der Waals surface area contributed by atoms with Crippen molar-refractivity contribution < 1.29 is 13.2 Å². The summed E-state index contributed by atoms with van der Waals surface area (Å²) in [6.45, 7) is 4.51. The molecule has 118 valence electrons. The predicted octanol–water partition coefficient (Wildman–Crippen LogP) is 1.99. The van der Waals surface area contributed by atoms with Crippen molar-refractivity contribution in [1.29, 1.82) is 0 Å². The fraction of sp³-hybridized carbons (Fsp3) is 0.643. The molecule has 7 heteroatoms. The first-order valence-electron chi connectivity index (χ1n) is 7.25. The van der Waals surface area contributed by atoms with Crippen LogP contribution in [-0.4, -0.2) is 37.5 Å². The zero-order valence-electron chi connectivity index (χ0n) is 12.4. The van der Waals surface area contributed by atoms with Crippen LogP contribution in [0, 0.1) is 5.92 Å². The number of nitrogens with zero attached hydrogens (tertiary/aromatic N) is 1. The Bertz CT molecular complexity index is 561. The van der Waals surface area contributed by atoms with Crippen molar-refractivity contribution in [3.8, 4) is 0 Å². The van der Waals surface area contributed by atoms with E-state index >= 15 is 0 Å². The summed E-state index contributed by atoms with van der Waals surface area (Å²) in [7, 11) is -3.13. The van der Waals surface area contributed by atoms with E-state index < -0.39 is 10.0 Å². The van der Waals surface area contributed by atoms with Gasteiger partial charge in [0.2, 0.25) is 15.9 Å². The van der Waals surface area contributed by atoms with Crippen LogP contribution in [0.1, 0.15) is 37.6 Å². The molecule has 1 aliphatic heterocycles. The lowest BCUT2D eigenvalue weighted by Gasteiger charge is -2.30. The lowest BCUT2D eigenvalue weighted by atomic mass is 9.97. The van der Waals surface area contributed by atoms with Gasteiger partial charge in [0.15, 0.2) is 0 Å². The molecule has 1 saturated heterocycles. The van der Waals surface area contributed by atoms with E-state index in [9.17, 15) is 13.2 Å². The third-order valence-corrected chi connectivity index (χ3v) is 6.85. The number of amides is 1. The third kappa shape index (κ3) is 4.05. The van der Waals surface area contributed by atoms with Crippen LogP contribution in [0.2, 0.25) is 0 Å². The fourth-order valence-corrected chi connectivity index (χ4v) is 4.39. The van der Waals surface area contributed by atoms with Gasteiger partial charge in [0, 0.05) is 23.9 Å². The first-order valence-corrected chi connectivity index (χ1v) is 9.74. The van der Waals surface area contributed by atoms with Gasteiger partial charge in [-0.25, -0.2) is 12.7 Å². The normalized spacial score (nSPS) is 19.3. The molecule has 1 atom stereocenters. The van der Waals surface area contributed by atoms with E-state index in [0.29, 0.717) is 25.9 Å². The van der Waals surface area contributed by atoms with Crippen molar-refractivity contribution in [1.82, 2.24) is 9.62 Å². The van der Waals surface area contributed by atoms with Crippen molar-refractivity contribution >= 4 is 27.3 Å². The minimum atomic E-state index is -3.13. The minimum Gasteiger partial charge on any atom is -0.349 e. The summed E-state index contributed by atoms with van der Waals surface area (Å²) in [4.78, 5) is 13.4. The van der Waals surface area contributed by atoms with Gasteiger partial charge in [-0.1, -0.05) is 6.07 Å². The maximum atomic E-state index is 12.3. The summed E-state index contributed by atoms with van der Waals surface area (Å²) in [5.74, 6) is 0.0689. The smallest absolute Gasteiger partial charge is 0.223 e. The van der Waals surface area contributed by atoms with Gasteiger partial charge in [-0.15, -0.1) is 11.3 Å². The van der Waals surface area contributed by atoms with E-state index in [1.807, 2.05) is 24.4 Å². The van der Waals surface area contributed by atoms with Gasteiger partial charge in [-0.3, -0.25) is 4.79 Å². The second kappa shape index (κ2) is 6.89. The molecule has 0 aliphatic carbocycles. The van der Waals surface area contributed by atoms with Crippen LogP contribution in [-0.2, 0) is 14.8 Å². The second-order valence-corrected chi connectivity index (χ2v) is 8.56. The molecule has 2 heterocycles. The van der Waals surface area contributed by atoms with E-state index in [-0.39, 0.29) is 23.6 Å². The predicted molar refractivity (Wildman–Crippen MR) is 84.6 cm³/mol. The molecule has 1 fully saturated rings. The zero-order valence-corrected chi connectivity index (χ0v) is 14.0. The summed E-state index contributed by atoms with van der Waals surface area (Å²) in [6, 6.07) is 3.98. The van der Waals surface area contributed by atoms with Gasteiger partial charge in [0.1, 0.15) is 0 Å². The van der Waals surface area contributed by atoms with E-state index in [4.69, 9.17) is 0 Å². The average Bonchev–Trinajstić information content (AvgIpc) is 3.01. The molecule has 1 amide bonds. The van der Waals surface area contributed by atoms with E-state index in [0.717, 1.165) is 4.88 Å². The topological polar surface area (TPSA) is 66.5 Å². The van der Waals surface area contributed by atoms with Crippen LogP contribution < -0.4 is 5.32 Å². The van der Waals surface area contributed by atoms with Crippen LogP contribution in [0.25, 0.3) is 0 Å². The molecule has 0 aromatic carbocycles. The number of sulfonamides is 1. The summed E-state index contributed by atoms with van der Waals surface area (Å²) in [5, 5.41) is 5.02. The Kier molecular flexibility index (Phi) is 5.40. The molecular weight excluding hydrogens is 308 g/mol. The fourth-order valence-electron chi connectivity index (χ4n) is 2.52. The number of hydrogen-bond acceptors (Lipinski definition) is 4. The van der Waals surface area contributed by atoms with Crippen LogP contribution >= 0.6 is 11.3 Å². The van der Waals surface area contributed by atoms with Crippen LogP contribution in [0.3, 0.4) is 0 Å². The molecule has 1 N–H and O–H groups in total. The summed E-state index contributed by atoms with van der Waals surface area (Å²) >= 11 is 1.62. The number of carbonyl (C=O) groups excluding carboxylic acids is 1. The van der Waals surface area contributed by atoms with Gasteiger partial charge in [0.05, 0.1) is 11.8 Å². The van der Waals surface area contributed by atoms with Crippen molar-refractivity contribution in [2.45, 2.75) is 32.7 Å². The number of rotatable bonds is 5. The Hall–Kier alpha value is -0.920. The summed E-state index contributed by atoms with van der Waals surface area (Å²) < 4.78 is 25.1. The molecule has 1 unspecified atom stereocenters. The maximum absolute atomic E-state index is 12.3. The molecule has 21 heavy (non-hydrogen) atoms. The Balaban J connectivity index is 1.86. The molecule has 1 aliphatic rings. The quantitative estimate of drug-likeness (QED) is 0.898. The molecule has 0 radical (unpaired) electrons. The number of nitrogens with one attached hydrogen (secondary N) is 1. The van der Waals surface area contributed by atoms with E-state index in [1.165, 1.54) is 4.31 Å². The Morgan fingerprint density at radius 3 is 2.67 bits per heavy atom. The van der Waals surface area contributed by atoms with Crippen LogP contribution in [0.15, 0.2) is 17.5 Å². The lowest BCUT2D eigenvalue weighted by molar-refractivity contribution is -0.126. The lowest BCUT2D eigenvalue weighted by Crippen LogP contribution is -2.43. The zero-order chi connectivity index (χ0) is 15.5. The minimum absolute atomic E-state index is 0.00917. The molecule has 5 nitrogen and oxygen atoms in total. The largest absolute Gasteiger partial charge is 0.349 e. The SMILES string of the molecule is CCS(=O)(=O)N1CCC(C(=O)NC(C)c2cccs2)CC1. The molecular formula is C14H22N2O3S2. The Labute approximate surface area is 130 Å². The molecule has 0 bridgehead atoms. The van der Waals surface area contributed by atoms with Gasteiger partial charge in [-0.2, -0.15) is 0 Å². The highest BCUT2D eigenvalue weighted by Gasteiger charge is 2.30. The monoisotopic (exact) mass is 330 g/mol. The number of piperidine rings is 1. The number of carbonyl (C=O) groups is 1. The Morgan fingerprint density at radius 2 is 2.14 bits per heavy atom. The molecule has 1 aromatic rings. The molecule has 0 spiro atoms. The van der Waals surface area contributed by atoms with Gasteiger partial charge >= 0.3 is 0 Å². The second-order valence-electron chi connectivity index (χ2n) is 5.32. The third-order valence-electron chi connectivity index (χ3n) is 3.91. The van der Waals surface area contributed by atoms with Crippen molar-refractivity contribution in [2.75, 3.05) is 18.8 Å².